The molecule has 0 spiro atoms. The lowest BCUT2D eigenvalue weighted by atomic mass is 10.2. The average molecular weight is 435 g/mol. The molecule has 1 saturated carbocycles. The summed E-state index contributed by atoms with van der Waals surface area (Å²) in [4.78, 5) is 9.23. The summed E-state index contributed by atoms with van der Waals surface area (Å²) in [6.45, 7) is 0. The smallest absolute Gasteiger partial charge is 0.237 e. The van der Waals surface area contributed by atoms with Crippen LogP contribution in [0.15, 0.2) is 64.4 Å². The van der Waals surface area contributed by atoms with Crippen LogP contribution in [0.3, 0.4) is 0 Å². The van der Waals surface area contributed by atoms with Gasteiger partial charge >= 0.3 is 0 Å². The second kappa shape index (κ2) is 8.47. The largest absolute Gasteiger partial charge is 0.493 e. The van der Waals surface area contributed by atoms with Crippen molar-refractivity contribution < 1.29 is 14.0 Å². The lowest BCUT2D eigenvalue weighted by molar-refractivity contribution is 0.355. The third kappa shape index (κ3) is 4.03. The SMILES string of the molecule is COc1ccc(-c2noc(CSc3ncc(-c4ccccc4)n3C3CC3)n2)cc1OC. The van der Waals surface area contributed by atoms with E-state index in [1.165, 1.54) is 18.4 Å². The highest BCUT2D eigenvalue weighted by Crippen LogP contribution is 2.42. The molecule has 8 heteroatoms. The first-order valence-electron chi connectivity index (χ1n) is 10.1. The molecule has 0 amide bonds. The van der Waals surface area contributed by atoms with Gasteiger partial charge in [0.05, 0.1) is 31.9 Å². The fourth-order valence-electron chi connectivity index (χ4n) is 3.49. The Labute approximate surface area is 184 Å². The molecule has 1 aliphatic carbocycles. The number of hydrogen-bond acceptors (Lipinski definition) is 7. The molecule has 0 N–H and O–H groups in total. The summed E-state index contributed by atoms with van der Waals surface area (Å²) < 4.78 is 18.5. The molecule has 0 bridgehead atoms. The number of aromatic nitrogens is 4. The van der Waals surface area contributed by atoms with E-state index in [0.29, 0.717) is 35.0 Å². The number of thioether (sulfide) groups is 1. The van der Waals surface area contributed by atoms with Crippen LogP contribution in [0.1, 0.15) is 24.8 Å². The Bertz CT molecular complexity index is 1180. The van der Waals surface area contributed by atoms with Crippen molar-refractivity contribution in [3.63, 3.8) is 0 Å². The molecular weight excluding hydrogens is 412 g/mol. The molecule has 1 aliphatic rings. The van der Waals surface area contributed by atoms with Gasteiger partial charge in [0.2, 0.25) is 11.7 Å². The molecule has 2 heterocycles. The molecule has 5 rings (SSSR count). The van der Waals surface area contributed by atoms with E-state index in [1.807, 2.05) is 30.5 Å². The van der Waals surface area contributed by atoms with Crippen LogP contribution in [-0.2, 0) is 5.75 Å². The Morgan fingerprint density at radius 2 is 1.84 bits per heavy atom. The van der Waals surface area contributed by atoms with Crippen LogP contribution < -0.4 is 9.47 Å². The molecule has 2 aromatic heterocycles. The summed E-state index contributed by atoms with van der Waals surface area (Å²) in [5, 5.41) is 5.11. The first-order valence-corrected chi connectivity index (χ1v) is 11.1. The normalized spacial score (nSPS) is 13.4. The predicted octanol–water partition coefficient (Wildman–Crippen LogP) is 5.24. The van der Waals surface area contributed by atoms with Crippen molar-refractivity contribution in [2.75, 3.05) is 14.2 Å². The Morgan fingerprint density at radius 3 is 2.58 bits per heavy atom. The van der Waals surface area contributed by atoms with E-state index in [-0.39, 0.29) is 0 Å². The molecule has 158 valence electrons. The van der Waals surface area contributed by atoms with E-state index < -0.39 is 0 Å². The zero-order chi connectivity index (χ0) is 21.2. The van der Waals surface area contributed by atoms with Crippen molar-refractivity contribution in [3.05, 3.63) is 60.6 Å². The molecule has 0 saturated heterocycles. The minimum absolute atomic E-state index is 0.519. The van der Waals surface area contributed by atoms with Gasteiger partial charge < -0.3 is 18.6 Å². The van der Waals surface area contributed by atoms with Crippen molar-refractivity contribution in [2.24, 2.45) is 0 Å². The van der Waals surface area contributed by atoms with E-state index in [4.69, 9.17) is 14.0 Å². The van der Waals surface area contributed by atoms with Gasteiger partial charge in [0.15, 0.2) is 16.7 Å². The Kier molecular flexibility index (Phi) is 5.38. The second-order valence-electron chi connectivity index (χ2n) is 7.26. The topological polar surface area (TPSA) is 75.2 Å². The maximum atomic E-state index is 5.49. The van der Waals surface area contributed by atoms with E-state index >= 15 is 0 Å². The highest BCUT2D eigenvalue weighted by molar-refractivity contribution is 7.98. The van der Waals surface area contributed by atoms with Crippen molar-refractivity contribution in [3.8, 4) is 34.1 Å². The Balaban J connectivity index is 1.34. The Morgan fingerprint density at radius 1 is 1.03 bits per heavy atom. The predicted molar refractivity (Wildman–Crippen MR) is 118 cm³/mol. The summed E-state index contributed by atoms with van der Waals surface area (Å²) in [5.41, 5.74) is 3.15. The van der Waals surface area contributed by atoms with Crippen molar-refractivity contribution >= 4 is 11.8 Å². The van der Waals surface area contributed by atoms with Gasteiger partial charge in [-0.3, -0.25) is 0 Å². The van der Waals surface area contributed by atoms with Crippen molar-refractivity contribution in [2.45, 2.75) is 29.8 Å². The number of nitrogens with zero attached hydrogens (tertiary/aromatic N) is 4. The molecule has 0 atom stereocenters. The minimum atomic E-state index is 0.519. The standard InChI is InChI=1S/C23H22N4O3S/c1-28-19-11-8-16(12-20(19)29-2)22-25-21(30-26-22)14-31-23-24-13-18(27(23)17-9-10-17)15-6-4-3-5-7-15/h3-8,11-13,17H,9-10,14H2,1-2H3. The van der Waals surface area contributed by atoms with Gasteiger partial charge in [0.25, 0.3) is 0 Å². The number of imidazole rings is 1. The lowest BCUT2D eigenvalue weighted by Gasteiger charge is -2.10. The van der Waals surface area contributed by atoms with Crippen molar-refractivity contribution in [1.82, 2.24) is 19.7 Å². The fraction of sp³-hybridized carbons (Fsp3) is 0.261. The molecule has 1 fully saturated rings. The van der Waals surface area contributed by atoms with Crippen LogP contribution in [0.4, 0.5) is 0 Å². The monoisotopic (exact) mass is 434 g/mol. The Hall–Kier alpha value is -3.26. The fourth-order valence-corrected chi connectivity index (χ4v) is 4.37. The zero-order valence-electron chi connectivity index (χ0n) is 17.3. The van der Waals surface area contributed by atoms with Crippen LogP contribution in [0.5, 0.6) is 11.5 Å². The van der Waals surface area contributed by atoms with Gasteiger partial charge in [-0.25, -0.2) is 4.98 Å². The van der Waals surface area contributed by atoms with E-state index in [1.54, 1.807) is 26.0 Å². The molecule has 0 radical (unpaired) electrons. The third-order valence-electron chi connectivity index (χ3n) is 5.18. The minimum Gasteiger partial charge on any atom is -0.493 e. The summed E-state index contributed by atoms with van der Waals surface area (Å²) >= 11 is 1.62. The van der Waals surface area contributed by atoms with Gasteiger partial charge in [-0.15, -0.1) is 0 Å². The number of rotatable bonds is 8. The van der Waals surface area contributed by atoms with E-state index in [0.717, 1.165) is 16.4 Å². The van der Waals surface area contributed by atoms with Crippen LogP contribution in [0.2, 0.25) is 0 Å². The van der Waals surface area contributed by atoms with Crippen LogP contribution >= 0.6 is 11.8 Å². The van der Waals surface area contributed by atoms with Crippen LogP contribution in [0.25, 0.3) is 22.6 Å². The maximum absolute atomic E-state index is 5.49. The van der Waals surface area contributed by atoms with Crippen LogP contribution in [-0.4, -0.2) is 33.9 Å². The number of benzene rings is 2. The molecule has 2 aromatic carbocycles. The van der Waals surface area contributed by atoms with Gasteiger partial charge in [-0.05, 0) is 36.6 Å². The van der Waals surface area contributed by atoms with Crippen molar-refractivity contribution in [1.29, 1.82) is 0 Å². The molecule has 0 unspecified atom stereocenters. The molecule has 31 heavy (non-hydrogen) atoms. The van der Waals surface area contributed by atoms with Gasteiger partial charge in [0, 0.05) is 11.6 Å². The van der Waals surface area contributed by atoms with Gasteiger partial charge in [0.1, 0.15) is 0 Å². The molecule has 7 nitrogen and oxygen atoms in total. The molecule has 0 aliphatic heterocycles. The average Bonchev–Trinajstić information content (AvgIpc) is 3.39. The van der Waals surface area contributed by atoms with Crippen LogP contribution in [0, 0.1) is 0 Å². The summed E-state index contributed by atoms with van der Waals surface area (Å²) in [5.74, 6) is 2.92. The highest BCUT2D eigenvalue weighted by Gasteiger charge is 2.29. The molecule has 4 aromatic rings. The van der Waals surface area contributed by atoms with E-state index in [2.05, 4.69) is 44.0 Å². The van der Waals surface area contributed by atoms with E-state index in [9.17, 15) is 0 Å². The number of hydrogen-bond donors (Lipinski definition) is 0. The van der Waals surface area contributed by atoms with Gasteiger partial charge in [-0.2, -0.15) is 4.98 Å². The lowest BCUT2D eigenvalue weighted by Crippen LogP contribution is -1.99. The maximum Gasteiger partial charge on any atom is 0.237 e. The number of methoxy groups -OCH3 is 2. The highest BCUT2D eigenvalue weighted by atomic mass is 32.2. The molecular formula is C23H22N4O3S. The third-order valence-corrected chi connectivity index (χ3v) is 6.13. The summed E-state index contributed by atoms with van der Waals surface area (Å²) in [6, 6.07) is 16.5. The summed E-state index contributed by atoms with van der Waals surface area (Å²) in [7, 11) is 3.21. The zero-order valence-corrected chi connectivity index (χ0v) is 18.1. The number of ether oxygens (including phenoxy) is 2. The summed E-state index contributed by atoms with van der Waals surface area (Å²) in [6.07, 6.45) is 4.33. The first kappa shape index (κ1) is 19.7. The quantitative estimate of drug-likeness (QED) is 0.351. The van der Waals surface area contributed by atoms with Gasteiger partial charge in [-0.1, -0.05) is 47.3 Å². The second-order valence-corrected chi connectivity index (χ2v) is 8.21. The first-order chi connectivity index (χ1) is 15.3.